The standard InChI is InChI=1S/C51H98NO19P/c1-3-5-7-9-11-13-15-17-19-21-23-25-27-29-42(55)65-37-39(68-43(56)30-28-26-24-22-20-18-16-14-12-10-8-6-4-2)38-67-72(62,63)66-34-32-52-31-33-64-50-48(61)46(59)49(41(36-54)70-50)71-51-47(60)45(58)44(57)40(35-53)69-51/h39-41,44-54,57-61H,3-38H2,1-2H3,(H,62,63)/t39?,40-,41-,44+,45+,46-,47-,48-,49-,50-,51+/m1/s1. The summed E-state index contributed by atoms with van der Waals surface area (Å²) >= 11 is 0. The highest BCUT2D eigenvalue weighted by Gasteiger charge is 2.50. The van der Waals surface area contributed by atoms with E-state index >= 15 is 0 Å². The second-order valence-corrected chi connectivity index (χ2v) is 21.0. The van der Waals surface area contributed by atoms with Crippen LogP contribution in [0.1, 0.15) is 194 Å². The van der Waals surface area contributed by atoms with Crippen molar-refractivity contribution < 1.29 is 92.3 Å². The number of ether oxygens (including phenoxy) is 6. The minimum Gasteiger partial charge on any atom is -0.462 e. The first kappa shape index (κ1) is 66.7. The molecule has 2 fully saturated rings. The van der Waals surface area contributed by atoms with E-state index < -0.39 is 107 Å². The van der Waals surface area contributed by atoms with Crippen molar-refractivity contribution in [2.24, 2.45) is 0 Å². The fourth-order valence-electron chi connectivity index (χ4n) is 8.71. The van der Waals surface area contributed by atoms with Gasteiger partial charge in [0.1, 0.15) is 55.4 Å². The van der Waals surface area contributed by atoms with Crippen LogP contribution >= 0.6 is 7.82 Å². The van der Waals surface area contributed by atoms with Crippen molar-refractivity contribution in [1.29, 1.82) is 0 Å². The minimum atomic E-state index is -4.65. The van der Waals surface area contributed by atoms with Crippen LogP contribution in [0.2, 0.25) is 0 Å². The molecule has 12 atom stereocenters. The number of phosphoric acid groups is 1. The lowest BCUT2D eigenvalue weighted by molar-refractivity contribution is -0.359. The summed E-state index contributed by atoms with van der Waals surface area (Å²) in [6.07, 6.45) is 13.8. The smallest absolute Gasteiger partial charge is 0.462 e. The number of phosphoric ester groups is 1. The highest BCUT2D eigenvalue weighted by molar-refractivity contribution is 7.47. The second kappa shape index (κ2) is 41.7. The van der Waals surface area contributed by atoms with Crippen LogP contribution < -0.4 is 5.32 Å². The van der Waals surface area contributed by atoms with E-state index in [2.05, 4.69) is 19.2 Å². The SMILES string of the molecule is CCCCCCCCCCCCCCCC(=O)OCC(COP(=O)(O)OCCNCCO[C@@H]1O[C@H](CO)[C@@H](O[C@@H]2O[C@H](CO)[C@H](O)[C@H](O)[C@H]2O)[C@H](O)[C@H]1O)OC(=O)CCCCCCCCCCCCCCC. The minimum absolute atomic E-state index is 0.0383. The summed E-state index contributed by atoms with van der Waals surface area (Å²) in [6, 6.07) is 0. The Morgan fingerprint density at radius 3 is 1.47 bits per heavy atom. The fourth-order valence-corrected chi connectivity index (χ4v) is 9.46. The topological polar surface area (TPSA) is 299 Å². The van der Waals surface area contributed by atoms with E-state index in [0.717, 1.165) is 38.5 Å². The van der Waals surface area contributed by atoms with Crippen molar-refractivity contribution in [3.05, 3.63) is 0 Å². The molecule has 0 spiro atoms. The van der Waals surface area contributed by atoms with Gasteiger partial charge in [0.2, 0.25) is 0 Å². The zero-order valence-electron chi connectivity index (χ0n) is 43.8. The van der Waals surface area contributed by atoms with Gasteiger partial charge in [-0.15, -0.1) is 0 Å². The average Bonchev–Trinajstić information content (AvgIpc) is 3.36. The van der Waals surface area contributed by atoms with Gasteiger partial charge in [0, 0.05) is 25.9 Å². The number of hydrogen-bond acceptors (Lipinski definition) is 19. The summed E-state index contributed by atoms with van der Waals surface area (Å²) < 4.78 is 56.1. The third-order valence-electron chi connectivity index (χ3n) is 13.2. The van der Waals surface area contributed by atoms with Gasteiger partial charge >= 0.3 is 19.8 Å². The van der Waals surface area contributed by atoms with E-state index in [4.69, 9.17) is 37.5 Å². The van der Waals surface area contributed by atoms with Crippen LogP contribution in [0.5, 0.6) is 0 Å². The van der Waals surface area contributed by atoms with E-state index in [1.807, 2.05) is 0 Å². The Hall–Kier alpha value is -1.43. The first-order valence-corrected chi connectivity index (χ1v) is 29.2. The number of rotatable bonds is 46. The van der Waals surface area contributed by atoms with E-state index in [-0.39, 0.29) is 45.8 Å². The molecule has 21 heteroatoms. The number of carbonyl (C=O) groups is 2. The number of aliphatic hydroxyl groups excluding tert-OH is 7. The first-order valence-electron chi connectivity index (χ1n) is 27.7. The summed E-state index contributed by atoms with van der Waals surface area (Å²) in [5.74, 6) is -0.971. The molecule has 2 unspecified atom stereocenters. The molecule has 0 saturated carbocycles. The number of esters is 2. The summed E-state index contributed by atoms with van der Waals surface area (Å²) in [5.41, 5.74) is 0. The van der Waals surface area contributed by atoms with Gasteiger partial charge in [-0.3, -0.25) is 18.6 Å². The Balaban J connectivity index is 1.73. The molecule has 0 aromatic rings. The molecule has 20 nitrogen and oxygen atoms in total. The zero-order valence-corrected chi connectivity index (χ0v) is 44.7. The largest absolute Gasteiger partial charge is 0.472 e. The summed E-state index contributed by atoms with van der Waals surface area (Å²) in [4.78, 5) is 35.9. The molecule has 2 rings (SSSR count). The average molecular weight is 1060 g/mol. The molecule has 9 N–H and O–H groups in total. The lowest BCUT2D eigenvalue weighted by atomic mass is 9.97. The Morgan fingerprint density at radius 1 is 0.528 bits per heavy atom. The van der Waals surface area contributed by atoms with E-state index in [1.54, 1.807) is 0 Å². The van der Waals surface area contributed by atoms with Gasteiger partial charge in [-0.1, -0.05) is 168 Å². The maximum Gasteiger partial charge on any atom is 0.472 e. The molecule has 0 bridgehead atoms. The van der Waals surface area contributed by atoms with Crippen molar-refractivity contribution in [3.8, 4) is 0 Å². The molecule has 2 saturated heterocycles. The van der Waals surface area contributed by atoms with Gasteiger partial charge < -0.3 is 74.4 Å². The van der Waals surface area contributed by atoms with Crippen LogP contribution in [0.25, 0.3) is 0 Å². The Morgan fingerprint density at radius 2 is 0.972 bits per heavy atom. The van der Waals surface area contributed by atoms with Crippen molar-refractivity contribution in [3.63, 3.8) is 0 Å². The molecule has 72 heavy (non-hydrogen) atoms. The molecule has 2 heterocycles. The van der Waals surface area contributed by atoms with Crippen molar-refractivity contribution in [1.82, 2.24) is 5.32 Å². The quantitative estimate of drug-likeness (QED) is 0.0199. The molecular formula is C51H98NO19P. The van der Waals surface area contributed by atoms with Crippen LogP contribution in [0.3, 0.4) is 0 Å². The number of nitrogens with one attached hydrogen (secondary N) is 1. The number of carbonyl (C=O) groups excluding carboxylic acids is 2. The maximum atomic E-state index is 12.8. The maximum absolute atomic E-state index is 12.8. The fraction of sp³-hybridized carbons (Fsp3) is 0.961. The molecule has 0 amide bonds. The predicted octanol–water partition coefficient (Wildman–Crippen LogP) is 5.77. The monoisotopic (exact) mass is 1060 g/mol. The summed E-state index contributed by atoms with van der Waals surface area (Å²) in [7, 11) is -4.65. The Bertz CT molecular complexity index is 1390. The molecule has 2 aliphatic rings. The van der Waals surface area contributed by atoms with Gasteiger partial charge in [-0.25, -0.2) is 4.57 Å². The van der Waals surface area contributed by atoms with Gasteiger partial charge in [-0.2, -0.15) is 0 Å². The van der Waals surface area contributed by atoms with Gasteiger partial charge in [-0.05, 0) is 12.8 Å². The van der Waals surface area contributed by atoms with Crippen LogP contribution in [0.4, 0.5) is 0 Å². The summed E-state index contributed by atoms with van der Waals surface area (Å²) in [5, 5.41) is 74.3. The predicted molar refractivity (Wildman–Crippen MR) is 268 cm³/mol. The van der Waals surface area contributed by atoms with E-state index in [1.165, 1.54) is 116 Å². The van der Waals surface area contributed by atoms with Gasteiger partial charge in [0.15, 0.2) is 18.7 Å². The van der Waals surface area contributed by atoms with Crippen molar-refractivity contribution >= 4 is 19.8 Å². The van der Waals surface area contributed by atoms with Gasteiger partial charge in [0.25, 0.3) is 0 Å². The van der Waals surface area contributed by atoms with Crippen molar-refractivity contribution in [2.75, 3.05) is 52.7 Å². The van der Waals surface area contributed by atoms with Gasteiger partial charge in [0.05, 0.1) is 33.0 Å². The number of unbranched alkanes of at least 4 members (excludes halogenated alkanes) is 24. The second-order valence-electron chi connectivity index (χ2n) is 19.5. The Labute approximate surface area is 430 Å². The highest BCUT2D eigenvalue weighted by Crippen LogP contribution is 2.43. The van der Waals surface area contributed by atoms with Crippen LogP contribution in [0.15, 0.2) is 0 Å². The number of aliphatic hydroxyl groups is 7. The van der Waals surface area contributed by atoms with Crippen molar-refractivity contribution in [2.45, 2.75) is 261 Å². The van der Waals surface area contributed by atoms with Crippen LogP contribution in [-0.2, 0) is 51.6 Å². The molecule has 0 aromatic heterocycles. The molecule has 0 aromatic carbocycles. The lowest BCUT2D eigenvalue weighted by Gasteiger charge is -2.45. The Kier molecular flexibility index (Phi) is 38.6. The van der Waals surface area contributed by atoms with E-state index in [0.29, 0.717) is 12.8 Å². The lowest BCUT2D eigenvalue weighted by Crippen LogP contribution is -2.64. The van der Waals surface area contributed by atoms with E-state index in [9.17, 15) is 54.8 Å². The summed E-state index contributed by atoms with van der Waals surface area (Å²) in [6.45, 7) is 1.86. The normalized spacial score (nSPS) is 25.8. The first-order chi connectivity index (χ1) is 34.8. The highest BCUT2D eigenvalue weighted by atomic mass is 31.2. The third kappa shape index (κ3) is 29.8. The van der Waals surface area contributed by atoms with Crippen LogP contribution in [-0.4, -0.2) is 173 Å². The van der Waals surface area contributed by atoms with Crippen LogP contribution in [0, 0.1) is 0 Å². The third-order valence-corrected chi connectivity index (χ3v) is 14.2. The molecular weight excluding hydrogens is 962 g/mol. The number of hydrogen-bond donors (Lipinski definition) is 9. The molecule has 0 aliphatic carbocycles. The zero-order chi connectivity index (χ0) is 52.8. The molecule has 0 radical (unpaired) electrons. The molecule has 2 aliphatic heterocycles. The molecule has 426 valence electrons.